The fourth-order valence-electron chi connectivity index (χ4n) is 1.80. The SMILES string of the molecule is CCc1cccc2c(C(C)=O)c[nH]c12.[HH]. The first-order chi connectivity index (χ1) is 6.74. The summed E-state index contributed by atoms with van der Waals surface area (Å²) in [5, 5.41) is 1.04. The lowest BCUT2D eigenvalue weighted by molar-refractivity contribution is 0.101. The van der Waals surface area contributed by atoms with Crippen LogP contribution in [0, 0.1) is 0 Å². The molecule has 2 heteroatoms. The lowest BCUT2D eigenvalue weighted by atomic mass is 10.1. The lowest BCUT2D eigenvalue weighted by Crippen LogP contribution is -1.89. The monoisotopic (exact) mass is 189 g/mol. The van der Waals surface area contributed by atoms with Gasteiger partial charge in [-0.15, -0.1) is 0 Å². The van der Waals surface area contributed by atoms with E-state index in [0.29, 0.717) is 0 Å². The molecule has 74 valence electrons. The number of aromatic nitrogens is 1. The van der Waals surface area contributed by atoms with Crippen LogP contribution in [0.15, 0.2) is 24.4 Å². The summed E-state index contributed by atoms with van der Waals surface area (Å²) in [5.74, 6) is 0.115. The van der Waals surface area contributed by atoms with E-state index in [1.807, 2.05) is 12.1 Å². The van der Waals surface area contributed by atoms with E-state index >= 15 is 0 Å². The number of hydrogen-bond acceptors (Lipinski definition) is 1. The summed E-state index contributed by atoms with van der Waals surface area (Å²) in [5.41, 5.74) is 3.14. The Bertz CT molecular complexity index is 487. The third-order valence-corrected chi connectivity index (χ3v) is 2.56. The minimum Gasteiger partial charge on any atom is -0.360 e. The molecular weight excluding hydrogens is 174 g/mol. The van der Waals surface area contributed by atoms with Crippen molar-refractivity contribution in [3.8, 4) is 0 Å². The number of para-hydroxylation sites is 1. The maximum Gasteiger partial charge on any atom is 0.161 e. The minimum absolute atomic E-state index is 0. The first-order valence-corrected chi connectivity index (χ1v) is 4.84. The molecular formula is C12H15NO. The second-order valence-corrected chi connectivity index (χ2v) is 3.45. The van der Waals surface area contributed by atoms with Gasteiger partial charge in [-0.25, -0.2) is 0 Å². The van der Waals surface area contributed by atoms with Crippen LogP contribution in [0.25, 0.3) is 10.9 Å². The van der Waals surface area contributed by atoms with Crippen LogP contribution in [0.3, 0.4) is 0 Å². The number of carbonyl (C=O) groups excluding carboxylic acids is 1. The van der Waals surface area contributed by atoms with Gasteiger partial charge in [-0.3, -0.25) is 4.79 Å². The summed E-state index contributed by atoms with van der Waals surface area (Å²) in [6.45, 7) is 3.71. The second kappa shape index (κ2) is 3.29. The van der Waals surface area contributed by atoms with E-state index in [1.165, 1.54) is 5.56 Å². The van der Waals surface area contributed by atoms with Gasteiger partial charge in [-0.05, 0) is 18.9 Å². The molecule has 1 heterocycles. The molecule has 0 radical (unpaired) electrons. The number of carbonyl (C=O) groups is 1. The zero-order valence-corrected chi connectivity index (χ0v) is 8.42. The molecule has 2 nitrogen and oxygen atoms in total. The molecule has 0 fully saturated rings. The van der Waals surface area contributed by atoms with Gasteiger partial charge in [0.1, 0.15) is 0 Å². The quantitative estimate of drug-likeness (QED) is 0.723. The van der Waals surface area contributed by atoms with Gasteiger partial charge in [0, 0.05) is 24.1 Å². The van der Waals surface area contributed by atoms with Gasteiger partial charge in [0.25, 0.3) is 0 Å². The Morgan fingerprint density at radius 1 is 1.50 bits per heavy atom. The van der Waals surface area contributed by atoms with E-state index in [9.17, 15) is 4.79 Å². The van der Waals surface area contributed by atoms with Crippen molar-refractivity contribution in [1.29, 1.82) is 0 Å². The molecule has 0 saturated heterocycles. The average Bonchev–Trinajstić information content (AvgIpc) is 2.60. The topological polar surface area (TPSA) is 32.9 Å². The Hall–Kier alpha value is -1.57. The Balaban J connectivity index is 0.00000112. The van der Waals surface area contributed by atoms with Crippen molar-refractivity contribution in [2.24, 2.45) is 0 Å². The molecule has 14 heavy (non-hydrogen) atoms. The number of hydrogen-bond donors (Lipinski definition) is 1. The molecule has 0 atom stereocenters. The first kappa shape index (κ1) is 9.00. The van der Waals surface area contributed by atoms with Crippen LogP contribution < -0.4 is 0 Å². The Morgan fingerprint density at radius 2 is 2.29 bits per heavy atom. The number of rotatable bonds is 2. The van der Waals surface area contributed by atoms with Crippen LogP contribution in [0.5, 0.6) is 0 Å². The van der Waals surface area contributed by atoms with E-state index in [1.54, 1.807) is 13.1 Å². The number of fused-ring (bicyclic) bond motifs is 1. The maximum absolute atomic E-state index is 11.3. The van der Waals surface area contributed by atoms with E-state index in [0.717, 1.165) is 22.9 Å². The summed E-state index contributed by atoms with van der Waals surface area (Å²) in [6, 6.07) is 6.08. The van der Waals surface area contributed by atoms with Gasteiger partial charge in [-0.2, -0.15) is 0 Å². The Morgan fingerprint density at radius 3 is 2.93 bits per heavy atom. The molecule has 1 N–H and O–H groups in total. The fraction of sp³-hybridized carbons (Fsp3) is 0.250. The Kier molecular flexibility index (Phi) is 2.12. The van der Waals surface area contributed by atoms with Crippen molar-refractivity contribution in [2.75, 3.05) is 0 Å². The van der Waals surface area contributed by atoms with E-state index < -0.39 is 0 Å². The van der Waals surface area contributed by atoms with Crippen molar-refractivity contribution >= 4 is 16.7 Å². The molecule has 1 aromatic carbocycles. The van der Waals surface area contributed by atoms with Gasteiger partial charge < -0.3 is 4.98 Å². The highest BCUT2D eigenvalue weighted by Gasteiger charge is 2.08. The number of benzene rings is 1. The van der Waals surface area contributed by atoms with Crippen LogP contribution in [0.1, 0.15) is 31.2 Å². The average molecular weight is 189 g/mol. The van der Waals surface area contributed by atoms with Crippen LogP contribution >= 0.6 is 0 Å². The molecule has 0 aliphatic heterocycles. The van der Waals surface area contributed by atoms with Crippen molar-refractivity contribution in [2.45, 2.75) is 20.3 Å². The smallest absolute Gasteiger partial charge is 0.161 e. The number of aryl methyl sites for hydroxylation is 1. The predicted octanol–water partition coefficient (Wildman–Crippen LogP) is 3.18. The minimum atomic E-state index is 0. The number of nitrogens with one attached hydrogen (secondary N) is 1. The molecule has 0 spiro atoms. The molecule has 0 bridgehead atoms. The maximum atomic E-state index is 11.3. The lowest BCUT2D eigenvalue weighted by Gasteiger charge is -1.98. The summed E-state index contributed by atoms with van der Waals surface area (Å²) in [4.78, 5) is 14.5. The number of Topliss-reactive ketones (excluding diaryl/α,β-unsaturated/α-hetero) is 1. The second-order valence-electron chi connectivity index (χ2n) is 3.45. The molecule has 1 aromatic heterocycles. The van der Waals surface area contributed by atoms with Gasteiger partial charge in [0.15, 0.2) is 5.78 Å². The number of H-pyrrole nitrogens is 1. The van der Waals surface area contributed by atoms with E-state index in [-0.39, 0.29) is 7.21 Å². The summed E-state index contributed by atoms with van der Waals surface area (Å²) >= 11 is 0. The zero-order chi connectivity index (χ0) is 10.1. The largest absolute Gasteiger partial charge is 0.360 e. The molecule has 0 unspecified atom stereocenters. The van der Waals surface area contributed by atoms with Gasteiger partial charge in [0.2, 0.25) is 0 Å². The van der Waals surface area contributed by atoms with Crippen LogP contribution in [0.4, 0.5) is 0 Å². The summed E-state index contributed by atoms with van der Waals surface area (Å²) in [7, 11) is 0. The normalized spacial score (nSPS) is 10.7. The zero-order valence-electron chi connectivity index (χ0n) is 8.42. The Labute approximate surface area is 84.4 Å². The van der Waals surface area contributed by atoms with Crippen molar-refractivity contribution in [3.05, 3.63) is 35.5 Å². The highest BCUT2D eigenvalue weighted by molar-refractivity contribution is 6.07. The van der Waals surface area contributed by atoms with E-state index in [4.69, 9.17) is 0 Å². The van der Waals surface area contributed by atoms with Crippen molar-refractivity contribution in [3.63, 3.8) is 0 Å². The van der Waals surface area contributed by atoms with Crippen LogP contribution in [-0.2, 0) is 6.42 Å². The fourth-order valence-corrected chi connectivity index (χ4v) is 1.80. The summed E-state index contributed by atoms with van der Waals surface area (Å²) in [6.07, 6.45) is 2.78. The number of ketones is 1. The van der Waals surface area contributed by atoms with Crippen LogP contribution in [-0.4, -0.2) is 10.8 Å². The summed E-state index contributed by atoms with van der Waals surface area (Å²) < 4.78 is 0. The van der Waals surface area contributed by atoms with Crippen LogP contribution in [0.2, 0.25) is 0 Å². The highest BCUT2D eigenvalue weighted by atomic mass is 16.1. The molecule has 2 rings (SSSR count). The predicted molar refractivity (Wildman–Crippen MR) is 59.8 cm³/mol. The van der Waals surface area contributed by atoms with E-state index in [2.05, 4.69) is 18.0 Å². The molecule has 0 aliphatic carbocycles. The highest BCUT2D eigenvalue weighted by Crippen LogP contribution is 2.22. The molecule has 0 saturated carbocycles. The molecule has 2 aromatic rings. The first-order valence-electron chi connectivity index (χ1n) is 4.84. The standard InChI is InChI=1S/C12H13NO.H2/c1-3-9-5-4-6-10-11(8(2)14)7-13-12(9)10;/h4-7,13H,3H2,1-2H3;1H. The third-order valence-electron chi connectivity index (χ3n) is 2.56. The van der Waals surface area contributed by atoms with Gasteiger partial charge in [-0.1, -0.05) is 25.1 Å². The third kappa shape index (κ3) is 1.23. The van der Waals surface area contributed by atoms with Gasteiger partial charge in [0.05, 0.1) is 0 Å². The molecule has 0 amide bonds. The van der Waals surface area contributed by atoms with Gasteiger partial charge >= 0.3 is 0 Å². The van der Waals surface area contributed by atoms with Crippen molar-refractivity contribution in [1.82, 2.24) is 4.98 Å². The molecule has 0 aliphatic rings. The van der Waals surface area contributed by atoms with Crippen molar-refractivity contribution < 1.29 is 6.22 Å². The number of aromatic amines is 1.